The molecule has 0 bridgehead atoms. The summed E-state index contributed by atoms with van der Waals surface area (Å²) in [5, 5.41) is 0. The fourth-order valence-electron chi connectivity index (χ4n) is 0.962. The third-order valence-corrected chi connectivity index (χ3v) is 3.40. The number of rotatable bonds is 2. The van der Waals surface area contributed by atoms with Gasteiger partial charge < -0.3 is 0 Å². The van der Waals surface area contributed by atoms with Gasteiger partial charge in [-0.3, -0.25) is 0 Å². The third kappa shape index (κ3) is 3.22. The zero-order valence-corrected chi connectivity index (χ0v) is 8.76. The van der Waals surface area contributed by atoms with E-state index < -0.39 is 32.4 Å². The second-order valence-corrected chi connectivity index (χ2v) is 6.21. The molecule has 2 atom stereocenters. The first-order valence-corrected chi connectivity index (χ1v) is 6.88. The van der Waals surface area contributed by atoms with Crippen LogP contribution in [0.5, 0.6) is 0 Å². The molecule has 1 heterocycles. The molecule has 1 aliphatic rings. The summed E-state index contributed by atoms with van der Waals surface area (Å²) in [6, 6.07) is 0. The topological polar surface area (TPSA) is 86.7 Å². The van der Waals surface area contributed by atoms with Crippen molar-refractivity contribution in [2.24, 2.45) is 5.92 Å². The Kier molecular flexibility index (Phi) is 2.68. The molecule has 1 aliphatic heterocycles. The van der Waals surface area contributed by atoms with Crippen molar-refractivity contribution in [1.82, 2.24) is 0 Å². The molecular weight excluding hydrogens is 220 g/mol. The summed E-state index contributed by atoms with van der Waals surface area (Å²) in [4.78, 5) is 0. The van der Waals surface area contributed by atoms with Crippen LogP contribution in [0.1, 0.15) is 6.92 Å². The van der Waals surface area contributed by atoms with Crippen molar-refractivity contribution in [2.75, 3.05) is 12.0 Å². The Balaban J connectivity index is 2.76. The summed E-state index contributed by atoms with van der Waals surface area (Å²) >= 11 is 0. The Morgan fingerprint density at radius 3 is 2.31 bits per heavy atom. The Morgan fingerprint density at radius 2 is 2.00 bits per heavy atom. The first-order chi connectivity index (χ1) is 5.70. The maximum absolute atomic E-state index is 10.8. The fourth-order valence-corrected chi connectivity index (χ4v) is 2.98. The van der Waals surface area contributed by atoms with Gasteiger partial charge >= 0.3 is 0 Å². The first kappa shape index (κ1) is 10.9. The van der Waals surface area contributed by atoms with Crippen LogP contribution in [0.25, 0.3) is 0 Å². The minimum absolute atomic E-state index is 0.215. The lowest BCUT2D eigenvalue weighted by Crippen LogP contribution is -2.22. The van der Waals surface area contributed by atoms with Gasteiger partial charge in [0.2, 0.25) is 0 Å². The largest absolute Gasteiger partial charge is 0.270 e. The predicted molar refractivity (Wildman–Crippen MR) is 43.8 cm³/mol. The number of hydrogen-bond acceptors (Lipinski definition) is 6. The molecule has 6 nitrogen and oxygen atoms in total. The zero-order chi connectivity index (χ0) is 10.3. The van der Waals surface area contributed by atoms with Crippen molar-refractivity contribution in [2.45, 2.75) is 13.2 Å². The van der Waals surface area contributed by atoms with Crippen molar-refractivity contribution in [3.63, 3.8) is 0 Å². The van der Waals surface area contributed by atoms with E-state index in [4.69, 9.17) is 0 Å². The summed E-state index contributed by atoms with van der Waals surface area (Å²) in [7, 11) is -7.29. The SMILES string of the molecule is CC1CS(=O)(=O)OC1OS(C)(=O)=O. The van der Waals surface area contributed by atoms with E-state index in [9.17, 15) is 16.8 Å². The Labute approximate surface area is 77.1 Å². The molecule has 1 saturated heterocycles. The standard InChI is InChI=1S/C5H10O6S2/c1-4-3-13(8,9)11-5(4)10-12(2,6)7/h4-5H,3H2,1-2H3. The van der Waals surface area contributed by atoms with Crippen LogP contribution in [-0.2, 0) is 28.6 Å². The van der Waals surface area contributed by atoms with Gasteiger partial charge in [-0.05, 0) is 0 Å². The molecule has 0 aromatic carbocycles. The Morgan fingerprint density at radius 1 is 1.46 bits per heavy atom. The molecule has 2 unspecified atom stereocenters. The molecular formula is C5H10O6S2. The maximum Gasteiger partial charge on any atom is 0.270 e. The smallest absolute Gasteiger partial charge is 0.237 e. The lowest BCUT2D eigenvalue weighted by atomic mass is 10.2. The van der Waals surface area contributed by atoms with E-state index in [0.29, 0.717) is 0 Å². The quantitative estimate of drug-likeness (QED) is 0.582. The Bertz CT molecular complexity index is 379. The van der Waals surface area contributed by atoms with E-state index in [0.717, 1.165) is 6.26 Å². The van der Waals surface area contributed by atoms with Gasteiger partial charge in [-0.15, -0.1) is 0 Å². The molecule has 78 valence electrons. The van der Waals surface area contributed by atoms with Crippen LogP contribution in [0, 0.1) is 5.92 Å². The monoisotopic (exact) mass is 230 g/mol. The summed E-state index contributed by atoms with van der Waals surface area (Å²) in [5.74, 6) is -0.688. The predicted octanol–water partition coefficient (Wildman–Crippen LogP) is -0.715. The van der Waals surface area contributed by atoms with Crippen LogP contribution in [-0.4, -0.2) is 35.1 Å². The van der Waals surface area contributed by atoms with Gasteiger partial charge in [0.05, 0.1) is 12.0 Å². The van der Waals surface area contributed by atoms with E-state index >= 15 is 0 Å². The summed E-state index contributed by atoms with van der Waals surface area (Å²) in [6.07, 6.45) is -0.367. The van der Waals surface area contributed by atoms with Crippen molar-refractivity contribution >= 4 is 20.2 Å². The highest BCUT2D eigenvalue weighted by Gasteiger charge is 2.38. The molecule has 0 aliphatic carbocycles. The lowest BCUT2D eigenvalue weighted by molar-refractivity contribution is 0.00318. The normalized spacial score (nSPS) is 33.4. The van der Waals surface area contributed by atoms with E-state index in [-0.39, 0.29) is 5.75 Å². The van der Waals surface area contributed by atoms with Gasteiger partial charge in [-0.2, -0.15) is 16.8 Å². The minimum Gasteiger partial charge on any atom is -0.237 e. The average molecular weight is 230 g/mol. The highest BCUT2D eigenvalue weighted by molar-refractivity contribution is 7.87. The van der Waals surface area contributed by atoms with Crippen molar-refractivity contribution in [1.29, 1.82) is 0 Å². The lowest BCUT2D eigenvalue weighted by Gasteiger charge is -2.10. The Hall–Kier alpha value is -0.180. The maximum atomic E-state index is 10.8. The van der Waals surface area contributed by atoms with E-state index in [1.165, 1.54) is 0 Å². The first-order valence-electron chi connectivity index (χ1n) is 3.49. The van der Waals surface area contributed by atoms with Crippen LogP contribution in [0.3, 0.4) is 0 Å². The van der Waals surface area contributed by atoms with Crippen LogP contribution in [0.15, 0.2) is 0 Å². The van der Waals surface area contributed by atoms with Crippen molar-refractivity contribution in [3.05, 3.63) is 0 Å². The fraction of sp³-hybridized carbons (Fsp3) is 1.00. The van der Waals surface area contributed by atoms with E-state index in [1.807, 2.05) is 0 Å². The van der Waals surface area contributed by atoms with E-state index in [2.05, 4.69) is 8.37 Å². The minimum atomic E-state index is -3.68. The van der Waals surface area contributed by atoms with Crippen LogP contribution in [0.4, 0.5) is 0 Å². The van der Waals surface area contributed by atoms with Crippen molar-refractivity contribution < 1.29 is 25.2 Å². The van der Waals surface area contributed by atoms with Gasteiger partial charge in [0.1, 0.15) is 0 Å². The third-order valence-electron chi connectivity index (χ3n) is 1.44. The second kappa shape index (κ2) is 3.19. The molecule has 1 rings (SSSR count). The molecule has 0 aromatic rings. The molecule has 0 N–H and O–H groups in total. The highest BCUT2D eigenvalue weighted by Crippen LogP contribution is 2.24. The summed E-state index contributed by atoms with van der Waals surface area (Å²) in [5.41, 5.74) is 0. The molecule has 13 heavy (non-hydrogen) atoms. The summed E-state index contributed by atoms with van der Waals surface area (Å²) in [6.45, 7) is 1.54. The number of hydrogen-bond donors (Lipinski definition) is 0. The highest BCUT2D eigenvalue weighted by atomic mass is 32.2. The van der Waals surface area contributed by atoms with Gasteiger partial charge in [-0.1, -0.05) is 6.92 Å². The van der Waals surface area contributed by atoms with Gasteiger partial charge in [0.15, 0.2) is 6.29 Å². The molecule has 0 saturated carbocycles. The zero-order valence-electron chi connectivity index (χ0n) is 7.13. The average Bonchev–Trinajstić information content (AvgIpc) is 2.00. The molecule has 1 fully saturated rings. The van der Waals surface area contributed by atoms with Crippen LogP contribution in [0.2, 0.25) is 0 Å². The van der Waals surface area contributed by atoms with Crippen molar-refractivity contribution in [3.8, 4) is 0 Å². The van der Waals surface area contributed by atoms with Crippen LogP contribution < -0.4 is 0 Å². The molecule has 0 spiro atoms. The van der Waals surface area contributed by atoms with E-state index in [1.54, 1.807) is 6.92 Å². The van der Waals surface area contributed by atoms with Crippen LogP contribution >= 0.6 is 0 Å². The molecule has 0 aromatic heterocycles. The summed E-state index contributed by atoms with van der Waals surface area (Å²) < 4.78 is 51.8. The van der Waals surface area contributed by atoms with Gasteiger partial charge in [0.25, 0.3) is 20.2 Å². The second-order valence-electron chi connectivity index (χ2n) is 2.97. The molecule has 0 amide bonds. The van der Waals surface area contributed by atoms with Gasteiger partial charge in [0, 0.05) is 5.92 Å². The van der Waals surface area contributed by atoms with Gasteiger partial charge in [-0.25, -0.2) is 8.37 Å². The molecule has 0 radical (unpaired) electrons. The molecule has 8 heteroatoms.